The molecule has 0 aliphatic carbocycles. The minimum Gasteiger partial charge on any atom is -0.462 e. The number of hydrogen-bond donors (Lipinski definition) is 0. The second-order valence-electron chi connectivity index (χ2n) is 5.73. The monoisotopic (exact) mass is 366 g/mol. The van der Waals surface area contributed by atoms with Crippen LogP contribution in [0.3, 0.4) is 0 Å². The SMILES string of the molecule is CCOC(=O)c1cn(CC)c2cc(SC)ccc2c1=Nc1ccccc1. The molecule has 0 spiro atoms. The van der Waals surface area contributed by atoms with E-state index in [9.17, 15) is 4.79 Å². The molecule has 0 saturated heterocycles. The Kier molecular flexibility index (Phi) is 5.78. The molecular formula is C21H22N2O2S. The molecular weight excluding hydrogens is 344 g/mol. The summed E-state index contributed by atoms with van der Waals surface area (Å²) in [7, 11) is 0. The number of fused-ring (bicyclic) bond motifs is 1. The first kappa shape index (κ1) is 18.3. The van der Waals surface area contributed by atoms with Crippen LogP contribution < -0.4 is 5.36 Å². The maximum atomic E-state index is 12.6. The number of pyridine rings is 1. The van der Waals surface area contributed by atoms with Gasteiger partial charge in [-0.2, -0.15) is 0 Å². The first-order valence-electron chi connectivity index (χ1n) is 8.66. The molecule has 0 radical (unpaired) electrons. The lowest BCUT2D eigenvalue weighted by Crippen LogP contribution is -2.22. The molecule has 0 unspecified atom stereocenters. The topological polar surface area (TPSA) is 43.6 Å². The third kappa shape index (κ3) is 3.68. The zero-order valence-corrected chi connectivity index (χ0v) is 16.0. The molecule has 26 heavy (non-hydrogen) atoms. The Morgan fingerprint density at radius 3 is 2.58 bits per heavy atom. The molecule has 0 atom stereocenters. The Morgan fingerprint density at radius 2 is 1.92 bits per heavy atom. The van der Waals surface area contributed by atoms with E-state index in [1.54, 1.807) is 11.8 Å². The van der Waals surface area contributed by atoms with E-state index in [0.29, 0.717) is 17.5 Å². The Morgan fingerprint density at radius 1 is 1.15 bits per heavy atom. The van der Waals surface area contributed by atoms with Crippen molar-refractivity contribution in [2.24, 2.45) is 4.99 Å². The number of para-hydroxylation sites is 1. The van der Waals surface area contributed by atoms with E-state index in [1.807, 2.05) is 49.5 Å². The Labute approximate surface area is 157 Å². The molecule has 134 valence electrons. The summed E-state index contributed by atoms with van der Waals surface area (Å²) in [4.78, 5) is 18.5. The molecule has 0 N–H and O–H groups in total. The zero-order chi connectivity index (χ0) is 18.5. The van der Waals surface area contributed by atoms with Crippen molar-refractivity contribution < 1.29 is 9.53 Å². The summed E-state index contributed by atoms with van der Waals surface area (Å²) in [6.07, 6.45) is 3.91. The van der Waals surface area contributed by atoms with E-state index in [4.69, 9.17) is 9.73 Å². The number of aryl methyl sites for hydroxylation is 1. The Hall–Kier alpha value is -2.53. The van der Waals surface area contributed by atoms with Crippen molar-refractivity contribution in [3.8, 4) is 0 Å². The van der Waals surface area contributed by atoms with Crippen LogP contribution in [0.1, 0.15) is 24.2 Å². The van der Waals surface area contributed by atoms with Crippen molar-refractivity contribution in [1.29, 1.82) is 0 Å². The van der Waals surface area contributed by atoms with Gasteiger partial charge in [-0.05, 0) is 50.4 Å². The minimum absolute atomic E-state index is 0.333. The highest BCUT2D eigenvalue weighted by atomic mass is 32.2. The highest BCUT2D eigenvalue weighted by molar-refractivity contribution is 7.98. The van der Waals surface area contributed by atoms with Crippen LogP contribution >= 0.6 is 11.8 Å². The fraction of sp³-hybridized carbons (Fsp3) is 0.238. The van der Waals surface area contributed by atoms with Crippen LogP contribution in [-0.4, -0.2) is 23.4 Å². The predicted octanol–water partition coefficient (Wildman–Crippen LogP) is 4.79. The summed E-state index contributed by atoms with van der Waals surface area (Å²) in [5.41, 5.74) is 2.35. The molecule has 0 amide bonds. The lowest BCUT2D eigenvalue weighted by molar-refractivity contribution is 0.0524. The predicted molar refractivity (Wildman–Crippen MR) is 107 cm³/mol. The number of ether oxygens (including phenoxy) is 1. The van der Waals surface area contributed by atoms with Crippen molar-refractivity contribution in [2.45, 2.75) is 25.3 Å². The van der Waals surface area contributed by atoms with Gasteiger partial charge < -0.3 is 9.30 Å². The summed E-state index contributed by atoms with van der Waals surface area (Å²) in [5, 5.41) is 1.60. The normalized spacial score (nSPS) is 11.7. The first-order valence-corrected chi connectivity index (χ1v) is 9.88. The highest BCUT2D eigenvalue weighted by Gasteiger charge is 2.15. The molecule has 5 heteroatoms. The molecule has 0 bridgehead atoms. The van der Waals surface area contributed by atoms with Gasteiger partial charge >= 0.3 is 5.97 Å². The summed E-state index contributed by atoms with van der Waals surface area (Å²) >= 11 is 1.70. The van der Waals surface area contributed by atoms with Crippen molar-refractivity contribution in [2.75, 3.05) is 12.9 Å². The third-order valence-corrected chi connectivity index (χ3v) is 4.87. The van der Waals surface area contributed by atoms with Gasteiger partial charge in [0.2, 0.25) is 0 Å². The fourth-order valence-electron chi connectivity index (χ4n) is 2.88. The molecule has 3 aromatic rings. The molecule has 0 aliphatic rings. The van der Waals surface area contributed by atoms with E-state index < -0.39 is 0 Å². The van der Waals surface area contributed by atoms with Crippen LogP contribution in [0.15, 0.2) is 64.6 Å². The summed E-state index contributed by atoms with van der Waals surface area (Å²) in [6.45, 7) is 4.96. The number of carbonyl (C=O) groups is 1. The van der Waals surface area contributed by atoms with E-state index in [0.717, 1.165) is 23.1 Å². The van der Waals surface area contributed by atoms with Gasteiger partial charge in [0.15, 0.2) is 0 Å². The van der Waals surface area contributed by atoms with Gasteiger partial charge in [0.1, 0.15) is 5.56 Å². The number of aromatic nitrogens is 1. The van der Waals surface area contributed by atoms with Crippen molar-refractivity contribution in [3.63, 3.8) is 0 Å². The number of esters is 1. The van der Waals surface area contributed by atoms with Crippen LogP contribution in [0.5, 0.6) is 0 Å². The van der Waals surface area contributed by atoms with Crippen LogP contribution in [0.25, 0.3) is 10.9 Å². The molecule has 0 fully saturated rings. The molecule has 0 aliphatic heterocycles. The standard InChI is InChI=1S/C21H22N2O2S/c1-4-23-14-18(21(24)25-5-2)20(22-15-9-7-6-8-10-15)17-12-11-16(26-3)13-19(17)23/h6-14H,4-5H2,1-3H3. The Balaban J connectivity index is 2.39. The molecule has 3 rings (SSSR count). The number of nitrogens with zero attached hydrogens (tertiary/aromatic N) is 2. The van der Waals surface area contributed by atoms with Crippen molar-refractivity contribution in [3.05, 3.63) is 65.6 Å². The number of carbonyl (C=O) groups excluding carboxylic acids is 1. The van der Waals surface area contributed by atoms with Crippen LogP contribution in [0.4, 0.5) is 5.69 Å². The van der Waals surface area contributed by atoms with Gasteiger partial charge in [-0.25, -0.2) is 9.79 Å². The molecule has 1 heterocycles. The Bertz CT molecular complexity index is 994. The minimum atomic E-state index is -0.347. The summed E-state index contributed by atoms with van der Waals surface area (Å²) in [6, 6.07) is 15.9. The fourth-order valence-corrected chi connectivity index (χ4v) is 3.31. The summed E-state index contributed by atoms with van der Waals surface area (Å²) < 4.78 is 7.36. The maximum absolute atomic E-state index is 12.6. The third-order valence-electron chi connectivity index (χ3n) is 4.14. The number of hydrogen-bond acceptors (Lipinski definition) is 4. The van der Waals surface area contributed by atoms with Gasteiger partial charge in [0.25, 0.3) is 0 Å². The number of thioether (sulfide) groups is 1. The van der Waals surface area contributed by atoms with Gasteiger partial charge in [-0.15, -0.1) is 11.8 Å². The van der Waals surface area contributed by atoms with Crippen molar-refractivity contribution >= 4 is 34.3 Å². The average Bonchev–Trinajstić information content (AvgIpc) is 2.68. The average molecular weight is 366 g/mol. The van der Waals surface area contributed by atoms with Gasteiger partial charge in [-0.1, -0.05) is 18.2 Å². The van der Waals surface area contributed by atoms with E-state index in [1.165, 1.54) is 4.90 Å². The van der Waals surface area contributed by atoms with Crippen molar-refractivity contribution in [1.82, 2.24) is 4.57 Å². The zero-order valence-electron chi connectivity index (χ0n) is 15.2. The van der Waals surface area contributed by atoms with E-state index in [2.05, 4.69) is 29.9 Å². The van der Waals surface area contributed by atoms with Gasteiger partial charge in [0, 0.05) is 23.0 Å². The molecule has 4 nitrogen and oxygen atoms in total. The quantitative estimate of drug-likeness (QED) is 0.481. The molecule has 2 aromatic carbocycles. The lowest BCUT2D eigenvalue weighted by Gasteiger charge is -2.14. The van der Waals surface area contributed by atoms with E-state index >= 15 is 0 Å². The van der Waals surface area contributed by atoms with Crippen LogP contribution in [-0.2, 0) is 11.3 Å². The number of rotatable bonds is 5. The number of benzene rings is 2. The van der Waals surface area contributed by atoms with Gasteiger partial charge in [0.05, 0.1) is 23.2 Å². The smallest absolute Gasteiger partial charge is 0.341 e. The van der Waals surface area contributed by atoms with Crippen LogP contribution in [0.2, 0.25) is 0 Å². The lowest BCUT2D eigenvalue weighted by atomic mass is 10.1. The molecule has 1 aromatic heterocycles. The second-order valence-corrected chi connectivity index (χ2v) is 6.61. The largest absolute Gasteiger partial charge is 0.462 e. The van der Waals surface area contributed by atoms with Crippen LogP contribution in [0, 0.1) is 0 Å². The van der Waals surface area contributed by atoms with Gasteiger partial charge in [-0.3, -0.25) is 0 Å². The second kappa shape index (κ2) is 8.23. The molecule has 0 saturated carbocycles. The first-order chi connectivity index (χ1) is 12.7. The highest BCUT2D eigenvalue weighted by Crippen LogP contribution is 2.22. The van der Waals surface area contributed by atoms with E-state index in [-0.39, 0.29) is 5.97 Å². The summed E-state index contributed by atoms with van der Waals surface area (Å²) in [5.74, 6) is -0.347. The maximum Gasteiger partial charge on any atom is 0.341 e.